The van der Waals surface area contributed by atoms with Crippen molar-refractivity contribution in [3.63, 3.8) is 0 Å². The van der Waals surface area contributed by atoms with Crippen LogP contribution in [0.25, 0.3) is 22.2 Å². The maximum absolute atomic E-state index is 14.0. The molecule has 0 unspecified atom stereocenters. The SMILES string of the molecule is CNCCc1c(-c2ccc(F)cc2)[nH]c2c(F)cc(F)cc12. The Labute approximate surface area is 126 Å². The van der Waals surface area contributed by atoms with Crippen molar-refractivity contribution in [2.24, 2.45) is 0 Å². The van der Waals surface area contributed by atoms with Crippen LogP contribution >= 0.6 is 0 Å². The van der Waals surface area contributed by atoms with E-state index in [2.05, 4.69) is 10.3 Å². The number of nitrogens with one attached hydrogen (secondary N) is 2. The zero-order valence-electron chi connectivity index (χ0n) is 12.0. The van der Waals surface area contributed by atoms with E-state index < -0.39 is 11.6 Å². The van der Waals surface area contributed by atoms with E-state index in [1.807, 2.05) is 7.05 Å². The van der Waals surface area contributed by atoms with Gasteiger partial charge in [-0.3, -0.25) is 0 Å². The molecule has 5 heteroatoms. The maximum atomic E-state index is 14.0. The lowest BCUT2D eigenvalue weighted by atomic mass is 10.0. The average Bonchev–Trinajstić information content (AvgIpc) is 2.85. The molecule has 114 valence electrons. The number of benzene rings is 2. The summed E-state index contributed by atoms with van der Waals surface area (Å²) in [6.07, 6.45) is 0.603. The van der Waals surface area contributed by atoms with Crippen LogP contribution in [0.1, 0.15) is 5.56 Å². The standard InChI is InChI=1S/C17H15F3N2/c1-21-7-6-13-14-8-12(19)9-15(20)17(14)22-16(13)10-2-4-11(18)5-3-10/h2-5,8-9,21-22H,6-7H2,1H3. The average molecular weight is 304 g/mol. The fourth-order valence-corrected chi connectivity index (χ4v) is 2.65. The molecule has 3 aromatic rings. The highest BCUT2D eigenvalue weighted by Crippen LogP contribution is 2.32. The summed E-state index contributed by atoms with van der Waals surface area (Å²) in [4.78, 5) is 3.01. The molecule has 0 saturated heterocycles. The van der Waals surface area contributed by atoms with Crippen LogP contribution in [-0.2, 0) is 6.42 Å². The third kappa shape index (κ3) is 2.60. The normalized spacial score (nSPS) is 11.3. The molecule has 1 heterocycles. The molecule has 0 saturated carbocycles. The Morgan fingerprint density at radius 2 is 1.73 bits per heavy atom. The van der Waals surface area contributed by atoms with E-state index in [0.29, 0.717) is 24.0 Å². The van der Waals surface area contributed by atoms with Crippen molar-refractivity contribution in [3.8, 4) is 11.3 Å². The summed E-state index contributed by atoms with van der Waals surface area (Å²) < 4.78 is 40.6. The van der Waals surface area contributed by atoms with Crippen LogP contribution in [0.3, 0.4) is 0 Å². The Morgan fingerprint density at radius 3 is 2.41 bits per heavy atom. The van der Waals surface area contributed by atoms with Gasteiger partial charge >= 0.3 is 0 Å². The van der Waals surface area contributed by atoms with Gasteiger partial charge in [0.05, 0.1) is 5.52 Å². The molecule has 2 nitrogen and oxygen atoms in total. The van der Waals surface area contributed by atoms with Crippen molar-refractivity contribution in [2.75, 3.05) is 13.6 Å². The third-order valence-electron chi connectivity index (χ3n) is 3.69. The molecule has 0 aliphatic heterocycles. The first-order chi connectivity index (χ1) is 10.6. The highest BCUT2D eigenvalue weighted by Gasteiger charge is 2.16. The zero-order chi connectivity index (χ0) is 15.7. The van der Waals surface area contributed by atoms with Crippen molar-refractivity contribution in [1.29, 1.82) is 0 Å². The van der Waals surface area contributed by atoms with E-state index in [9.17, 15) is 13.2 Å². The number of H-pyrrole nitrogens is 1. The smallest absolute Gasteiger partial charge is 0.150 e. The monoisotopic (exact) mass is 304 g/mol. The van der Waals surface area contributed by atoms with E-state index in [-0.39, 0.29) is 11.3 Å². The highest BCUT2D eigenvalue weighted by molar-refractivity contribution is 5.91. The highest BCUT2D eigenvalue weighted by atomic mass is 19.1. The van der Waals surface area contributed by atoms with Crippen molar-refractivity contribution >= 4 is 10.9 Å². The van der Waals surface area contributed by atoms with Crippen molar-refractivity contribution < 1.29 is 13.2 Å². The van der Waals surface area contributed by atoms with Gasteiger partial charge in [-0.15, -0.1) is 0 Å². The summed E-state index contributed by atoms with van der Waals surface area (Å²) in [7, 11) is 1.81. The van der Waals surface area contributed by atoms with Gasteiger partial charge < -0.3 is 10.3 Å². The van der Waals surface area contributed by atoms with Gasteiger partial charge in [0.15, 0.2) is 0 Å². The second kappa shape index (κ2) is 5.85. The van der Waals surface area contributed by atoms with Gasteiger partial charge in [-0.1, -0.05) is 0 Å². The lowest BCUT2D eigenvalue weighted by molar-refractivity contribution is 0.591. The summed E-state index contributed by atoms with van der Waals surface area (Å²) in [5.74, 6) is -1.58. The molecule has 0 aliphatic carbocycles. The van der Waals surface area contributed by atoms with E-state index in [0.717, 1.165) is 17.2 Å². The number of hydrogen-bond donors (Lipinski definition) is 2. The molecule has 1 aromatic heterocycles. The number of hydrogen-bond acceptors (Lipinski definition) is 1. The van der Waals surface area contributed by atoms with Crippen molar-refractivity contribution in [3.05, 3.63) is 59.4 Å². The first-order valence-electron chi connectivity index (χ1n) is 7.00. The summed E-state index contributed by atoms with van der Waals surface area (Å²) in [6.45, 7) is 0.666. The van der Waals surface area contributed by atoms with Gasteiger partial charge in [-0.2, -0.15) is 0 Å². The van der Waals surface area contributed by atoms with Gasteiger partial charge in [0.2, 0.25) is 0 Å². The second-order valence-corrected chi connectivity index (χ2v) is 5.15. The Kier molecular flexibility index (Phi) is 3.90. The minimum Gasteiger partial charge on any atom is -0.352 e. The topological polar surface area (TPSA) is 27.8 Å². The van der Waals surface area contributed by atoms with Crippen molar-refractivity contribution in [1.82, 2.24) is 10.3 Å². The summed E-state index contributed by atoms with van der Waals surface area (Å²) in [5.41, 5.74) is 2.51. The Hall–Kier alpha value is -2.27. The third-order valence-corrected chi connectivity index (χ3v) is 3.69. The Balaban J connectivity index is 2.23. The van der Waals surface area contributed by atoms with Crippen LogP contribution < -0.4 is 5.32 Å². The minimum absolute atomic E-state index is 0.270. The predicted octanol–water partition coefficient (Wildman–Crippen LogP) is 4.01. The first-order valence-corrected chi connectivity index (χ1v) is 7.00. The van der Waals surface area contributed by atoms with Crippen LogP contribution in [0.15, 0.2) is 36.4 Å². The van der Waals surface area contributed by atoms with E-state index in [1.165, 1.54) is 18.2 Å². The number of halogens is 3. The largest absolute Gasteiger partial charge is 0.352 e. The molecule has 2 aromatic carbocycles. The summed E-state index contributed by atoms with van der Waals surface area (Å²) in [5, 5.41) is 3.55. The Bertz CT molecular complexity index is 807. The van der Waals surface area contributed by atoms with Crippen LogP contribution in [0.2, 0.25) is 0 Å². The number of rotatable bonds is 4. The van der Waals surface area contributed by atoms with E-state index in [4.69, 9.17) is 0 Å². The van der Waals surface area contributed by atoms with Crippen LogP contribution in [0, 0.1) is 17.5 Å². The molecule has 0 bridgehead atoms. The molecule has 3 rings (SSSR count). The zero-order valence-corrected chi connectivity index (χ0v) is 12.0. The first kappa shape index (κ1) is 14.7. The van der Waals surface area contributed by atoms with Crippen LogP contribution in [0.5, 0.6) is 0 Å². The van der Waals surface area contributed by atoms with Gasteiger partial charge in [0.1, 0.15) is 17.5 Å². The maximum Gasteiger partial charge on any atom is 0.150 e. The molecular weight excluding hydrogens is 289 g/mol. The minimum atomic E-state index is -0.630. The second-order valence-electron chi connectivity index (χ2n) is 5.15. The number of aromatic nitrogens is 1. The summed E-state index contributed by atoms with van der Waals surface area (Å²) in [6, 6.07) is 8.12. The van der Waals surface area contributed by atoms with Gasteiger partial charge in [0.25, 0.3) is 0 Å². The predicted molar refractivity (Wildman–Crippen MR) is 81.2 cm³/mol. The number of fused-ring (bicyclic) bond motifs is 1. The summed E-state index contributed by atoms with van der Waals surface area (Å²) >= 11 is 0. The fraction of sp³-hybridized carbons (Fsp3) is 0.176. The number of likely N-dealkylation sites (N-methyl/N-ethyl adjacent to an activating group) is 1. The molecule has 22 heavy (non-hydrogen) atoms. The van der Waals surface area contributed by atoms with E-state index in [1.54, 1.807) is 12.1 Å². The molecule has 0 radical (unpaired) electrons. The van der Waals surface area contributed by atoms with E-state index >= 15 is 0 Å². The van der Waals surface area contributed by atoms with Crippen LogP contribution in [0.4, 0.5) is 13.2 Å². The quantitative estimate of drug-likeness (QED) is 0.749. The molecule has 0 fully saturated rings. The molecule has 0 spiro atoms. The lowest BCUT2D eigenvalue weighted by Gasteiger charge is -2.05. The van der Waals surface area contributed by atoms with Gasteiger partial charge in [-0.05, 0) is 61.5 Å². The van der Waals surface area contributed by atoms with Gasteiger partial charge in [-0.25, -0.2) is 13.2 Å². The molecular formula is C17H15F3N2. The molecule has 2 N–H and O–H groups in total. The lowest BCUT2D eigenvalue weighted by Crippen LogP contribution is -2.10. The molecule has 0 amide bonds. The Morgan fingerprint density at radius 1 is 1.00 bits per heavy atom. The van der Waals surface area contributed by atoms with Gasteiger partial charge in [0, 0.05) is 17.1 Å². The van der Waals surface area contributed by atoms with Crippen LogP contribution in [-0.4, -0.2) is 18.6 Å². The van der Waals surface area contributed by atoms with Crippen molar-refractivity contribution in [2.45, 2.75) is 6.42 Å². The molecule has 0 aliphatic rings. The molecule has 0 atom stereocenters. The fourth-order valence-electron chi connectivity index (χ4n) is 2.65. The number of aromatic amines is 1.